The minimum atomic E-state index is -0.559. The van der Waals surface area contributed by atoms with Crippen LogP contribution >= 0.6 is 34.8 Å². The molecule has 1 aliphatic heterocycles. The SMILES string of the molecule is CC1=C(C(=O)Nc2ccc(Cl)cc2)[C@@H](c2ccc(Cl)cc2Cl)n2ncnc2N1. The highest BCUT2D eigenvalue weighted by molar-refractivity contribution is 6.35. The van der Waals surface area contributed by atoms with Gasteiger partial charge in [0.2, 0.25) is 5.95 Å². The predicted molar refractivity (Wildman–Crippen MR) is 111 cm³/mol. The van der Waals surface area contributed by atoms with Gasteiger partial charge in [0.05, 0.1) is 5.57 Å². The first kappa shape index (κ1) is 18.8. The van der Waals surface area contributed by atoms with Gasteiger partial charge >= 0.3 is 0 Å². The van der Waals surface area contributed by atoms with Gasteiger partial charge in [-0.1, -0.05) is 40.9 Å². The van der Waals surface area contributed by atoms with Gasteiger partial charge in [-0.05, 0) is 43.3 Å². The molecule has 0 spiro atoms. The lowest BCUT2D eigenvalue weighted by atomic mass is 9.95. The van der Waals surface area contributed by atoms with Crippen LogP contribution in [0.1, 0.15) is 18.5 Å². The molecule has 9 heteroatoms. The van der Waals surface area contributed by atoms with Crippen LogP contribution in [0.2, 0.25) is 15.1 Å². The van der Waals surface area contributed by atoms with Crippen LogP contribution < -0.4 is 10.6 Å². The lowest BCUT2D eigenvalue weighted by Gasteiger charge is -2.29. The second kappa shape index (κ2) is 7.47. The van der Waals surface area contributed by atoms with E-state index in [1.165, 1.54) is 6.33 Å². The van der Waals surface area contributed by atoms with E-state index in [1.807, 2.05) is 6.92 Å². The van der Waals surface area contributed by atoms with E-state index in [1.54, 1.807) is 47.1 Å². The van der Waals surface area contributed by atoms with Crippen molar-refractivity contribution in [3.63, 3.8) is 0 Å². The second-order valence-corrected chi connectivity index (χ2v) is 7.50. The first-order valence-corrected chi connectivity index (χ1v) is 9.46. The number of carbonyl (C=O) groups excluding carboxylic acids is 1. The van der Waals surface area contributed by atoms with E-state index in [0.717, 1.165) is 0 Å². The van der Waals surface area contributed by atoms with Crippen molar-refractivity contribution in [3.8, 4) is 0 Å². The molecule has 0 saturated carbocycles. The second-order valence-electron chi connectivity index (χ2n) is 6.22. The summed E-state index contributed by atoms with van der Waals surface area (Å²) in [6.07, 6.45) is 1.42. The Kier molecular flexibility index (Phi) is 5.02. The number of halogens is 3. The number of rotatable bonds is 3. The van der Waals surface area contributed by atoms with Crippen LogP contribution in [0.5, 0.6) is 0 Å². The average Bonchev–Trinajstić information content (AvgIpc) is 3.11. The lowest BCUT2D eigenvalue weighted by Crippen LogP contribution is -2.31. The summed E-state index contributed by atoms with van der Waals surface area (Å²) in [4.78, 5) is 17.4. The van der Waals surface area contributed by atoms with E-state index < -0.39 is 6.04 Å². The van der Waals surface area contributed by atoms with Crippen molar-refractivity contribution in [2.45, 2.75) is 13.0 Å². The Balaban J connectivity index is 1.78. The Morgan fingerprint density at radius 3 is 2.54 bits per heavy atom. The Morgan fingerprint density at radius 2 is 1.82 bits per heavy atom. The van der Waals surface area contributed by atoms with Crippen LogP contribution in [-0.4, -0.2) is 20.7 Å². The molecule has 28 heavy (non-hydrogen) atoms. The molecular formula is C19H14Cl3N5O. The fourth-order valence-corrected chi connectivity index (χ4v) is 3.77. The number of allylic oxidation sites excluding steroid dienone is 1. The van der Waals surface area contributed by atoms with E-state index in [9.17, 15) is 4.79 Å². The average molecular weight is 435 g/mol. The van der Waals surface area contributed by atoms with Gasteiger partial charge in [-0.15, -0.1) is 0 Å². The largest absolute Gasteiger partial charge is 0.328 e. The number of carbonyl (C=O) groups is 1. The van der Waals surface area contributed by atoms with Gasteiger partial charge < -0.3 is 10.6 Å². The number of nitrogens with one attached hydrogen (secondary N) is 2. The van der Waals surface area contributed by atoms with Crippen molar-refractivity contribution in [1.29, 1.82) is 0 Å². The zero-order chi connectivity index (χ0) is 19.8. The molecular weight excluding hydrogens is 421 g/mol. The monoisotopic (exact) mass is 433 g/mol. The van der Waals surface area contributed by atoms with Gasteiger partial charge in [0, 0.05) is 32.0 Å². The highest BCUT2D eigenvalue weighted by Crippen LogP contribution is 2.38. The molecule has 4 rings (SSSR count). The molecule has 0 saturated heterocycles. The highest BCUT2D eigenvalue weighted by Gasteiger charge is 2.34. The maximum atomic E-state index is 13.2. The number of nitrogens with zero attached hydrogens (tertiary/aromatic N) is 3. The summed E-state index contributed by atoms with van der Waals surface area (Å²) in [7, 11) is 0. The number of hydrogen-bond acceptors (Lipinski definition) is 4. The number of anilines is 2. The third-order valence-corrected chi connectivity index (χ3v) is 5.21. The predicted octanol–water partition coefficient (Wildman–Crippen LogP) is 5.17. The van der Waals surface area contributed by atoms with Crippen LogP contribution in [-0.2, 0) is 4.79 Å². The van der Waals surface area contributed by atoms with Crippen LogP contribution in [0.15, 0.2) is 60.1 Å². The Morgan fingerprint density at radius 1 is 1.11 bits per heavy atom. The Hall–Kier alpha value is -2.54. The first-order valence-electron chi connectivity index (χ1n) is 8.33. The normalized spacial score (nSPS) is 15.8. The molecule has 2 N–H and O–H groups in total. The smallest absolute Gasteiger partial charge is 0.255 e. The van der Waals surface area contributed by atoms with Crippen LogP contribution in [0.4, 0.5) is 11.6 Å². The van der Waals surface area contributed by atoms with Crippen LogP contribution in [0, 0.1) is 0 Å². The summed E-state index contributed by atoms with van der Waals surface area (Å²) in [5, 5.41) is 11.8. The molecule has 0 unspecified atom stereocenters. The zero-order valence-electron chi connectivity index (χ0n) is 14.6. The molecule has 0 radical (unpaired) electrons. The van der Waals surface area contributed by atoms with Gasteiger partial charge in [0.1, 0.15) is 12.4 Å². The van der Waals surface area contributed by atoms with Crippen LogP contribution in [0.3, 0.4) is 0 Å². The molecule has 2 aromatic carbocycles. The van der Waals surface area contributed by atoms with Crippen molar-refractivity contribution in [2.75, 3.05) is 10.6 Å². The summed E-state index contributed by atoms with van der Waals surface area (Å²) in [5.41, 5.74) is 2.44. The molecule has 1 aliphatic rings. The minimum Gasteiger partial charge on any atom is -0.328 e. The maximum absolute atomic E-state index is 13.2. The molecule has 3 aromatic rings. The minimum absolute atomic E-state index is 0.288. The van der Waals surface area contributed by atoms with Crippen molar-refractivity contribution in [3.05, 3.63) is 80.7 Å². The van der Waals surface area contributed by atoms with E-state index in [0.29, 0.717) is 43.5 Å². The number of amides is 1. The fraction of sp³-hybridized carbons (Fsp3) is 0.105. The van der Waals surface area contributed by atoms with Gasteiger partial charge in [0.25, 0.3) is 5.91 Å². The molecule has 0 aliphatic carbocycles. The van der Waals surface area contributed by atoms with E-state index >= 15 is 0 Å². The number of fused-ring (bicyclic) bond motifs is 1. The summed E-state index contributed by atoms with van der Waals surface area (Å²) in [6.45, 7) is 1.81. The fourth-order valence-electron chi connectivity index (χ4n) is 3.13. The molecule has 0 bridgehead atoms. The van der Waals surface area contributed by atoms with Crippen LogP contribution in [0.25, 0.3) is 0 Å². The number of aromatic nitrogens is 3. The summed E-state index contributed by atoms with van der Waals surface area (Å²) in [6, 6.07) is 11.5. The van der Waals surface area contributed by atoms with Crippen molar-refractivity contribution in [1.82, 2.24) is 14.8 Å². The topological polar surface area (TPSA) is 71.8 Å². The molecule has 1 amide bonds. The standard InChI is InChI=1S/C19H14Cl3N5O/c1-10-16(18(28)26-13-5-2-11(20)3-6-13)17(27-19(25-10)23-9-24-27)14-7-4-12(21)8-15(14)22/h2-9,17H,1H3,(H,26,28)(H,23,24,25)/t17-/m1/s1. The lowest BCUT2D eigenvalue weighted by molar-refractivity contribution is -0.113. The molecule has 2 heterocycles. The molecule has 142 valence electrons. The van der Waals surface area contributed by atoms with Gasteiger partial charge in [-0.3, -0.25) is 4.79 Å². The zero-order valence-corrected chi connectivity index (χ0v) is 16.8. The molecule has 0 fully saturated rings. The summed E-state index contributed by atoms with van der Waals surface area (Å²) in [5.74, 6) is 0.237. The Labute approximate surface area is 176 Å². The maximum Gasteiger partial charge on any atom is 0.255 e. The third kappa shape index (κ3) is 3.46. The number of benzene rings is 2. The van der Waals surface area contributed by atoms with Crippen molar-refractivity contribution >= 4 is 52.3 Å². The number of hydrogen-bond donors (Lipinski definition) is 2. The van der Waals surface area contributed by atoms with Gasteiger partial charge in [-0.2, -0.15) is 10.1 Å². The van der Waals surface area contributed by atoms with Gasteiger partial charge in [0.15, 0.2) is 0 Å². The quantitative estimate of drug-likeness (QED) is 0.597. The molecule has 1 aromatic heterocycles. The van der Waals surface area contributed by atoms with E-state index in [-0.39, 0.29) is 5.91 Å². The summed E-state index contributed by atoms with van der Waals surface area (Å²) >= 11 is 18.4. The Bertz CT molecular complexity index is 1090. The van der Waals surface area contributed by atoms with E-state index in [4.69, 9.17) is 34.8 Å². The van der Waals surface area contributed by atoms with Crippen molar-refractivity contribution in [2.24, 2.45) is 0 Å². The molecule has 6 nitrogen and oxygen atoms in total. The highest BCUT2D eigenvalue weighted by atomic mass is 35.5. The van der Waals surface area contributed by atoms with E-state index in [2.05, 4.69) is 20.7 Å². The van der Waals surface area contributed by atoms with Gasteiger partial charge in [-0.25, -0.2) is 4.68 Å². The first-order chi connectivity index (χ1) is 13.4. The van der Waals surface area contributed by atoms with Crippen molar-refractivity contribution < 1.29 is 4.79 Å². The summed E-state index contributed by atoms with van der Waals surface area (Å²) < 4.78 is 1.62. The molecule has 1 atom stereocenters. The third-order valence-electron chi connectivity index (χ3n) is 4.40.